The highest BCUT2D eigenvalue weighted by Gasteiger charge is 2.48. The molecule has 2 aliphatic heterocycles. The number of rotatable bonds is 9. The van der Waals surface area contributed by atoms with Crippen LogP contribution in [0.25, 0.3) is 0 Å². The molecule has 3 amide bonds. The Hall–Kier alpha value is -3.93. The molecule has 0 aliphatic carbocycles. The zero-order valence-corrected chi connectivity index (χ0v) is 30.7. The molecule has 1 saturated heterocycles. The van der Waals surface area contributed by atoms with Crippen LogP contribution in [0.3, 0.4) is 0 Å². The molecular formula is C38H51ClN4O7. The van der Waals surface area contributed by atoms with Crippen LogP contribution in [0.1, 0.15) is 77.2 Å². The maximum Gasteiger partial charge on any atom is 0.328 e. The molecule has 12 heteroatoms. The van der Waals surface area contributed by atoms with Crippen LogP contribution in [0.5, 0.6) is 5.75 Å². The van der Waals surface area contributed by atoms with Crippen molar-refractivity contribution in [2.45, 2.75) is 104 Å². The first-order valence-electron chi connectivity index (χ1n) is 17.2. The van der Waals surface area contributed by atoms with Crippen molar-refractivity contribution in [1.29, 1.82) is 0 Å². The van der Waals surface area contributed by atoms with Gasteiger partial charge in [0.25, 0.3) is 0 Å². The molecule has 0 aromatic heterocycles. The minimum atomic E-state index is -1.14. The summed E-state index contributed by atoms with van der Waals surface area (Å²) < 4.78 is 17.5. The van der Waals surface area contributed by atoms with Crippen LogP contribution in [0.2, 0.25) is 5.02 Å². The lowest BCUT2D eigenvalue weighted by Gasteiger charge is -2.34. The lowest BCUT2D eigenvalue weighted by Crippen LogP contribution is -2.58. The second-order valence-corrected chi connectivity index (χ2v) is 14.7. The monoisotopic (exact) mass is 710 g/mol. The van der Waals surface area contributed by atoms with E-state index in [9.17, 15) is 19.2 Å². The molecule has 50 heavy (non-hydrogen) atoms. The Kier molecular flexibility index (Phi) is 13.1. The van der Waals surface area contributed by atoms with Crippen LogP contribution < -0.4 is 26.4 Å². The van der Waals surface area contributed by atoms with Crippen molar-refractivity contribution in [2.75, 3.05) is 7.11 Å². The highest BCUT2D eigenvalue weighted by molar-refractivity contribution is 6.32. The summed E-state index contributed by atoms with van der Waals surface area (Å²) in [5.74, 6) is -1.66. The van der Waals surface area contributed by atoms with Crippen LogP contribution in [0, 0.1) is 17.3 Å². The van der Waals surface area contributed by atoms with Gasteiger partial charge in [-0.15, -0.1) is 0 Å². The number of nitrogens with one attached hydrogen (secondary N) is 3. The zero-order valence-electron chi connectivity index (χ0n) is 30.0. The van der Waals surface area contributed by atoms with Gasteiger partial charge >= 0.3 is 5.97 Å². The van der Waals surface area contributed by atoms with E-state index in [0.29, 0.717) is 29.3 Å². The number of hydrogen-bond donors (Lipinski definition) is 4. The standard InChI is InChI=1S/C38H51ClN4O7/c1-21(2)17-29-36(46)49-30(22(3)33-34(50-33)26-14-11-24(20-40)12-15-26)9-8-10-32(44)42-28(19-25-13-16-31(48-7)27(39)18-25)35(45)41-23(4)38(5,6)37(47)43-29/h8,10-16,18,21-23,28-30,33-34H,9,17,19-20,40H2,1-7H3,(H,41,45)(H,42,44)(H,43,47)/b10-8+/t22-,23?,28+,29-,30-,33?,34?/m0/s1. The van der Waals surface area contributed by atoms with E-state index < -0.39 is 53.3 Å². The molecule has 7 atom stereocenters. The highest BCUT2D eigenvalue weighted by Crippen LogP contribution is 2.45. The number of carbonyl (C=O) groups is 4. The maximum atomic E-state index is 13.8. The molecule has 2 heterocycles. The highest BCUT2D eigenvalue weighted by atomic mass is 35.5. The fourth-order valence-corrected chi connectivity index (χ4v) is 6.26. The molecule has 2 aliphatic rings. The molecule has 11 nitrogen and oxygen atoms in total. The zero-order chi connectivity index (χ0) is 36.7. The largest absolute Gasteiger partial charge is 0.495 e. The van der Waals surface area contributed by atoms with E-state index in [1.54, 1.807) is 45.0 Å². The van der Waals surface area contributed by atoms with Crippen molar-refractivity contribution in [3.8, 4) is 5.75 Å². The number of carbonyl (C=O) groups excluding carboxylic acids is 4. The van der Waals surface area contributed by atoms with Gasteiger partial charge in [0, 0.05) is 31.3 Å². The van der Waals surface area contributed by atoms with E-state index in [2.05, 4.69) is 16.0 Å². The summed E-state index contributed by atoms with van der Waals surface area (Å²) in [6.45, 7) is 11.4. The van der Waals surface area contributed by atoms with Crippen molar-refractivity contribution in [3.63, 3.8) is 0 Å². The lowest BCUT2D eigenvalue weighted by atomic mass is 9.83. The molecule has 4 rings (SSSR count). The Balaban J connectivity index is 1.63. The van der Waals surface area contributed by atoms with E-state index in [4.69, 9.17) is 31.5 Å². The van der Waals surface area contributed by atoms with Gasteiger partial charge in [-0.05, 0) is 68.0 Å². The molecule has 1 fully saturated rings. The van der Waals surface area contributed by atoms with Gasteiger partial charge in [0.05, 0.1) is 23.7 Å². The molecular weight excluding hydrogens is 660 g/mol. The summed E-state index contributed by atoms with van der Waals surface area (Å²) in [6.07, 6.45) is 2.58. The molecule has 2 aromatic carbocycles. The van der Waals surface area contributed by atoms with Crippen LogP contribution in [0.15, 0.2) is 54.6 Å². The van der Waals surface area contributed by atoms with Crippen molar-refractivity contribution >= 4 is 35.3 Å². The van der Waals surface area contributed by atoms with Gasteiger partial charge in [-0.3, -0.25) is 14.4 Å². The first-order chi connectivity index (χ1) is 23.6. The van der Waals surface area contributed by atoms with E-state index in [1.807, 2.05) is 45.0 Å². The van der Waals surface area contributed by atoms with Gasteiger partial charge in [0.1, 0.15) is 30.0 Å². The summed E-state index contributed by atoms with van der Waals surface area (Å²) in [4.78, 5) is 54.5. The molecule has 272 valence electrons. The first kappa shape index (κ1) is 38.9. The number of methoxy groups -OCH3 is 1. The van der Waals surface area contributed by atoms with E-state index >= 15 is 0 Å². The first-order valence-corrected chi connectivity index (χ1v) is 17.6. The van der Waals surface area contributed by atoms with Gasteiger partial charge in [-0.25, -0.2) is 4.79 Å². The number of benzene rings is 2. The van der Waals surface area contributed by atoms with Gasteiger partial charge < -0.3 is 35.9 Å². The van der Waals surface area contributed by atoms with Crippen molar-refractivity contribution in [2.24, 2.45) is 23.0 Å². The van der Waals surface area contributed by atoms with Crippen LogP contribution in [-0.2, 0) is 41.6 Å². The van der Waals surface area contributed by atoms with E-state index in [1.165, 1.54) is 13.2 Å². The molecule has 0 spiro atoms. The summed E-state index contributed by atoms with van der Waals surface area (Å²) in [5.41, 5.74) is 7.33. The quantitative estimate of drug-likeness (QED) is 0.218. The van der Waals surface area contributed by atoms with Crippen LogP contribution in [0.4, 0.5) is 0 Å². The van der Waals surface area contributed by atoms with Crippen molar-refractivity contribution in [3.05, 3.63) is 76.3 Å². The topological polar surface area (TPSA) is 161 Å². The van der Waals surface area contributed by atoms with E-state index in [0.717, 1.165) is 11.1 Å². The van der Waals surface area contributed by atoms with Crippen LogP contribution in [-0.4, -0.2) is 61.1 Å². The second-order valence-electron chi connectivity index (χ2n) is 14.3. The number of esters is 1. The Morgan fingerprint density at radius 2 is 1.66 bits per heavy atom. The Morgan fingerprint density at radius 1 is 0.980 bits per heavy atom. The number of amides is 3. The SMILES string of the molecule is COc1ccc(C[C@H]2NC(=O)/C=C/C[C@@H]([C@H](C)C3OC3c3ccc(CN)cc3)OC(=O)[C@H](CC(C)C)NC(=O)C(C)(C)C(C)NC2=O)cc1Cl. The maximum absolute atomic E-state index is 13.8. The third-order valence-electron chi connectivity index (χ3n) is 9.69. The van der Waals surface area contributed by atoms with Crippen molar-refractivity contribution < 1.29 is 33.4 Å². The number of cyclic esters (lactones) is 1. The third kappa shape index (κ3) is 9.86. The predicted octanol–water partition coefficient (Wildman–Crippen LogP) is 4.54. The number of halogens is 1. The molecule has 5 N–H and O–H groups in total. The second kappa shape index (κ2) is 16.9. The lowest BCUT2D eigenvalue weighted by molar-refractivity contribution is -0.157. The predicted molar refractivity (Wildman–Crippen MR) is 191 cm³/mol. The number of nitrogens with two attached hydrogens (primary N) is 1. The normalized spacial score (nSPS) is 27.4. The van der Waals surface area contributed by atoms with Gasteiger partial charge in [0.15, 0.2) is 0 Å². The Morgan fingerprint density at radius 3 is 2.28 bits per heavy atom. The summed E-state index contributed by atoms with van der Waals surface area (Å²) >= 11 is 6.35. The van der Waals surface area contributed by atoms with E-state index in [-0.39, 0.29) is 36.9 Å². The summed E-state index contributed by atoms with van der Waals surface area (Å²) in [5, 5.41) is 9.01. The number of ether oxygens (including phenoxy) is 3. The molecule has 3 unspecified atom stereocenters. The van der Waals surface area contributed by atoms with Gasteiger partial charge in [-0.2, -0.15) is 0 Å². The number of hydrogen-bond acceptors (Lipinski definition) is 8. The number of epoxide rings is 1. The average Bonchev–Trinajstić information content (AvgIpc) is 3.87. The molecule has 2 aromatic rings. The van der Waals surface area contributed by atoms with Crippen molar-refractivity contribution in [1.82, 2.24) is 16.0 Å². The minimum absolute atomic E-state index is 0.0676. The third-order valence-corrected chi connectivity index (χ3v) is 9.99. The smallest absolute Gasteiger partial charge is 0.328 e. The molecule has 0 saturated carbocycles. The Labute approximate surface area is 300 Å². The molecule has 0 radical (unpaired) electrons. The average molecular weight is 711 g/mol. The van der Waals surface area contributed by atoms with Gasteiger partial charge in [-0.1, -0.05) is 68.8 Å². The molecule has 0 bridgehead atoms. The fourth-order valence-electron chi connectivity index (χ4n) is 5.98. The van der Waals surface area contributed by atoms with Crippen LogP contribution >= 0.6 is 11.6 Å². The fraction of sp³-hybridized carbons (Fsp3) is 0.526. The Bertz CT molecular complexity index is 1560. The summed E-state index contributed by atoms with van der Waals surface area (Å²) in [7, 11) is 1.51. The summed E-state index contributed by atoms with van der Waals surface area (Å²) in [6, 6.07) is 10.5. The minimum Gasteiger partial charge on any atom is -0.495 e. The van der Waals surface area contributed by atoms with Gasteiger partial charge in [0.2, 0.25) is 17.7 Å².